The van der Waals surface area contributed by atoms with E-state index in [1.54, 1.807) is 12.1 Å². The quantitative estimate of drug-likeness (QED) is 0.797. The standard InChI is InChI=1S/C12H9ClF2N2/c13-11-2-1-9(6-12(11)15)17-10-4-7(14)3-8(16)5-10/h1-6,17H,16H2. The van der Waals surface area contributed by atoms with E-state index in [0.29, 0.717) is 17.1 Å². The average Bonchev–Trinajstić information content (AvgIpc) is 2.22. The fraction of sp³-hybridized carbons (Fsp3) is 0. The number of halogens is 3. The first kappa shape index (κ1) is 11.7. The molecule has 0 spiro atoms. The predicted molar refractivity (Wildman–Crippen MR) is 65.5 cm³/mol. The van der Waals surface area contributed by atoms with Gasteiger partial charge in [0.2, 0.25) is 0 Å². The van der Waals surface area contributed by atoms with E-state index in [9.17, 15) is 8.78 Å². The Balaban J connectivity index is 2.28. The minimum absolute atomic E-state index is 0.0364. The van der Waals surface area contributed by atoms with Crippen molar-refractivity contribution in [2.24, 2.45) is 0 Å². The van der Waals surface area contributed by atoms with Gasteiger partial charge in [0.25, 0.3) is 0 Å². The lowest BCUT2D eigenvalue weighted by molar-refractivity contribution is 0.628. The van der Waals surface area contributed by atoms with Gasteiger partial charge in [0.05, 0.1) is 5.02 Å². The Morgan fingerprint density at radius 2 is 1.76 bits per heavy atom. The minimum atomic E-state index is -0.541. The van der Waals surface area contributed by atoms with Crippen LogP contribution in [0.15, 0.2) is 36.4 Å². The summed E-state index contributed by atoms with van der Waals surface area (Å²) in [6, 6.07) is 8.25. The molecule has 0 atom stereocenters. The molecule has 17 heavy (non-hydrogen) atoms. The molecule has 0 saturated heterocycles. The highest BCUT2D eigenvalue weighted by Gasteiger charge is 2.03. The molecule has 0 amide bonds. The van der Waals surface area contributed by atoms with Crippen molar-refractivity contribution in [2.45, 2.75) is 0 Å². The summed E-state index contributed by atoms with van der Waals surface area (Å²) < 4.78 is 26.2. The van der Waals surface area contributed by atoms with Crippen LogP contribution in [0.5, 0.6) is 0 Å². The zero-order valence-electron chi connectivity index (χ0n) is 8.68. The molecule has 2 aromatic rings. The number of rotatable bonds is 2. The molecular formula is C12H9ClF2N2. The third kappa shape index (κ3) is 2.85. The van der Waals surface area contributed by atoms with E-state index in [0.717, 1.165) is 0 Å². The van der Waals surface area contributed by atoms with Crippen molar-refractivity contribution in [3.8, 4) is 0 Å². The first-order valence-electron chi connectivity index (χ1n) is 4.83. The highest BCUT2D eigenvalue weighted by atomic mass is 35.5. The number of hydrogen-bond acceptors (Lipinski definition) is 2. The van der Waals surface area contributed by atoms with Crippen LogP contribution in [0.3, 0.4) is 0 Å². The topological polar surface area (TPSA) is 38.0 Å². The molecule has 88 valence electrons. The molecule has 0 aliphatic carbocycles. The number of nitrogens with one attached hydrogen (secondary N) is 1. The van der Waals surface area contributed by atoms with Gasteiger partial charge in [-0.3, -0.25) is 0 Å². The molecule has 0 aromatic heterocycles. The van der Waals surface area contributed by atoms with Crippen molar-refractivity contribution in [1.82, 2.24) is 0 Å². The Labute approximate surface area is 102 Å². The minimum Gasteiger partial charge on any atom is -0.399 e. The third-order valence-electron chi connectivity index (χ3n) is 2.13. The summed E-state index contributed by atoms with van der Waals surface area (Å²) in [6.07, 6.45) is 0. The van der Waals surface area contributed by atoms with Crippen LogP contribution in [0.25, 0.3) is 0 Å². The lowest BCUT2D eigenvalue weighted by Gasteiger charge is -2.08. The first-order valence-corrected chi connectivity index (χ1v) is 5.20. The predicted octanol–water partition coefficient (Wildman–Crippen LogP) is 3.94. The third-order valence-corrected chi connectivity index (χ3v) is 2.43. The van der Waals surface area contributed by atoms with Crippen molar-refractivity contribution in [2.75, 3.05) is 11.1 Å². The van der Waals surface area contributed by atoms with Crippen molar-refractivity contribution < 1.29 is 8.78 Å². The summed E-state index contributed by atoms with van der Waals surface area (Å²) in [6.45, 7) is 0. The zero-order valence-corrected chi connectivity index (χ0v) is 9.43. The molecule has 2 aromatic carbocycles. The van der Waals surface area contributed by atoms with Gasteiger partial charge in [-0.1, -0.05) is 11.6 Å². The second-order valence-corrected chi connectivity index (χ2v) is 3.93. The largest absolute Gasteiger partial charge is 0.399 e. The van der Waals surface area contributed by atoms with Gasteiger partial charge in [0.1, 0.15) is 11.6 Å². The van der Waals surface area contributed by atoms with Gasteiger partial charge < -0.3 is 11.1 Å². The Kier molecular flexibility index (Phi) is 3.15. The summed E-state index contributed by atoms with van der Waals surface area (Å²) >= 11 is 5.55. The second-order valence-electron chi connectivity index (χ2n) is 3.53. The van der Waals surface area contributed by atoms with Gasteiger partial charge >= 0.3 is 0 Å². The van der Waals surface area contributed by atoms with Gasteiger partial charge in [-0.2, -0.15) is 0 Å². The van der Waals surface area contributed by atoms with E-state index in [2.05, 4.69) is 5.32 Å². The summed E-state index contributed by atoms with van der Waals surface area (Å²) in [7, 11) is 0. The van der Waals surface area contributed by atoms with E-state index in [1.165, 1.54) is 24.3 Å². The highest BCUT2D eigenvalue weighted by Crippen LogP contribution is 2.23. The molecule has 3 N–H and O–H groups in total. The Bertz CT molecular complexity index is 538. The van der Waals surface area contributed by atoms with Gasteiger partial charge in [-0.25, -0.2) is 8.78 Å². The van der Waals surface area contributed by atoms with Crippen LogP contribution < -0.4 is 11.1 Å². The number of benzene rings is 2. The Morgan fingerprint density at radius 1 is 1.00 bits per heavy atom. The van der Waals surface area contributed by atoms with Crippen LogP contribution in [0.2, 0.25) is 5.02 Å². The molecule has 0 heterocycles. The highest BCUT2D eigenvalue weighted by molar-refractivity contribution is 6.30. The molecule has 0 saturated carbocycles. The molecule has 0 fully saturated rings. The lowest BCUT2D eigenvalue weighted by Crippen LogP contribution is -1.94. The van der Waals surface area contributed by atoms with Crippen molar-refractivity contribution in [3.05, 3.63) is 53.1 Å². The van der Waals surface area contributed by atoms with Crippen molar-refractivity contribution >= 4 is 28.7 Å². The maximum absolute atomic E-state index is 13.2. The molecule has 2 nitrogen and oxygen atoms in total. The van der Waals surface area contributed by atoms with Crippen molar-refractivity contribution in [3.63, 3.8) is 0 Å². The van der Waals surface area contributed by atoms with Gasteiger partial charge in [0, 0.05) is 17.1 Å². The van der Waals surface area contributed by atoms with E-state index in [-0.39, 0.29) is 5.02 Å². The van der Waals surface area contributed by atoms with Crippen LogP contribution >= 0.6 is 11.6 Å². The Hall–Kier alpha value is -1.81. The van der Waals surface area contributed by atoms with Gasteiger partial charge in [0.15, 0.2) is 0 Å². The van der Waals surface area contributed by atoms with E-state index >= 15 is 0 Å². The monoisotopic (exact) mass is 254 g/mol. The van der Waals surface area contributed by atoms with E-state index in [1.807, 2.05) is 0 Å². The fourth-order valence-corrected chi connectivity index (χ4v) is 1.54. The van der Waals surface area contributed by atoms with Crippen LogP contribution in [-0.2, 0) is 0 Å². The molecule has 0 radical (unpaired) electrons. The van der Waals surface area contributed by atoms with Crippen LogP contribution in [0.4, 0.5) is 25.8 Å². The van der Waals surface area contributed by atoms with E-state index in [4.69, 9.17) is 17.3 Å². The van der Waals surface area contributed by atoms with Crippen LogP contribution in [0.1, 0.15) is 0 Å². The smallest absolute Gasteiger partial charge is 0.143 e. The molecule has 5 heteroatoms. The van der Waals surface area contributed by atoms with E-state index < -0.39 is 11.6 Å². The molecule has 0 unspecified atom stereocenters. The first-order chi connectivity index (χ1) is 8.04. The maximum Gasteiger partial charge on any atom is 0.143 e. The normalized spacial score (nSPS) is 10.3. The zero-order chi connectivity index (χ0) is 12.4. The Morgan fingerprint density at radius 3 is 2.41 bits per heavy atom. The molecule has 0 bridgehead atoms. The molecule has 0 aliphatic rings. The van der Waals surface area contributed by atoms with Crippen LogP contribution in [0, 0.1) is 11.6 Å². The van der Waals surface area contributed by atoms with Gasteiger partial charge in [-0.15, -0.1) is 0 Å². The maximum atomic E-state index is 13.2. The SMILES string of the molecule is Nc1cc(F)cc(Nc2ccc(Cl)c(F)c2)c1. The molecule has 2 rings (SSSR count). The number of anilines is 3. The molecular weight excluding hydrogens is 246 g/mol. The lowest BCUT2D eigenvalue weighted by atomic mass is 10.2. The van der Waals surface area contributed by atoms with Crippen LogP contribution in [-0.4, -0.2) is 0 Å². The number of nitrogen functional groups attached to an aromatic ring is 1. The summed E-state index contributed by atoms with van der Waals surface area (Å²) in [5.41, 5.74) is 6.70. The molecule has 0 aliphatic heterocycles. The summed E-state index contributed by atoms with van der Waals surface area (Å²) in [5, 5.41) is 2.87. The second kappa shape index (κ2) is 4.59. The average molecular weight is 255 g/mol. The van der Waals surface area contributed by atoms with Gasteiger partial charge in [-0.05, 0) is 36.4 Å². The van der Waals surface area contributed by atoms with Crippen molar-refractivity contribution in [1.29, 1.82) is 0 Å². The number of hydrogen-bond donors (Lipinski definition) is 2. The fourth-order valence-electron chi connectivity index (χ4n) is 1.43. The number of nitrogens with two attached hydrogens (primary N) is 1. The summed E-state index contributed by atoms with van der Waals surface area (Å²) in [4.78, 5) is 0. The summed E-state index contributed by atoms with van der Waals surface area (Å²) in [5.74, 6) is -0.997.